The molecule has 21 heavy (non-hydrogen) atoms. The van der Waals surface area contributed by atoms with Crippen LogP contribution in [0.25, 0.3) is 0 Å². The van der Waals surface area contributed by atoms with Crippen molar-refractivity contribution in [1.29, 1.82) is 0 Å². The predicted octanol–water partition coefficient (Wildman–Crippen LogP) is 1.64. The van der Waals surface area contributed by atoms with E-state index in [1.807, 2.05) is 25.1 Å². The van der Waals surface area contributed by atoms with E-state index in [-0.39, 0.29) is 0 Å². The van der Waals surface area contributed by atoms with Gasteiger partial charge in [-0.2, -0.15) is 4.31 Å². The van der Waals surface area contributed by atoms with E-state index in [9.17, 15) is 8.42 Å². The third-order valence-corrected chi connectivity index (χ3v) is 7.06. The lowest BCUT2D eigenvalue weighted by Crippen LogP contribution is -2.52. The largest absolute Gasteiger partial charge is 0.378 e. The molecule has 0 aromatic heterocycles. The fourth-order valence-electron chi connectivity index (χ4n) is 3.06. The van der Waals surface area contributed by atoms with E-state index in [1.54, 1.807) is 16.4 Å². The number of sulfonamides is 1. The number of fused-ring (bicyclic) bond motifs is 2. The van der Waals surface area contributed by atoms with E-state index in [2.05, 4.69) is 21.2 Å². The second-order valence-corrected chi connectivity index (χ2v) is 8.73. The summed E-state index contributed by atoms with van der Waals surface area (Å²) in [5, 5.41) is 3.46. The van der Waals surface area contributed by atoms with Crippen molar-refractivity contribution in [2.24, 2.45) is 0 Å². The van der Waals surface area contributed by atoms with Crippen molar-refractivity contribution >= 4 is 31.6 Å². The van der Waals surface area contributed by atoms with E-state index >= 15 is 0 Å². The SMILES string of the molecule is CN(C)c1ccc(Br)c(S(=O)(=O)N2CC3CCC(C2)N3)c1. The van der Waals surface area contributed by atoms with Gasteiger partial charge in [0, 0.05) is 49.4 Å². The van der Waals surface area contributed by atoms with Gasteiger partial charge in [0.25, 0.3) is 0 Å². The Kier molecular flexibility index (Phi) is 4.02. The highest BCUT2D eigenvalue weighted by Crippen LogP contribution is 2.31. The molecule has 0 aliphatic carbocycles. The van der Waals surface area contributed by atoms with Crippen molar-refractivity contribution in [3.05, 3.63) is 22.7 Å². The average molecular weight is 374 g/mol. The lowest BCUT2D eigenvalue weighted by molar-refractivity contribution is 0.296. The fourth-order valence-corrected chi connectivity index (χ4v) is 5.53. The Labute approximate surface area is 134 Å². The molecule has 1 aromatic carbocycles. The summed E-state index contributed by atoms with van der Waals surface area (Å²) in [6, 6.07) is 6.05. The molecule has 5 nitrogen and oxygen atoms in total. The molecule has 2 heterocycles. The van der Waals surface area contributed by atoms with E-state index in [0.717, 1.165) is 18.5 Å². The van der Waals surface area contributed by atoms with Gasteiger partial charge in [-0.15, -0.1) is 0 Å². The summed E-state index contributed by atoms with van der Waals surface area (Å²) in [5.74, 6) is 0. The van der Waals surface area contributed by atoms with Crippen LogP contribution < -0.4 is 10.2 Å². The summed E-state index contributed by atoms with van der Waals surface area (Å²) in [6.07, 6.45) is 2.13. The van der Waals surface area contributed by atoms with Gasteiger partial charge < -0.3 is 10.2 Å². The van der Waals surface area contributed by atoms with E-state index in [4.69, 9.17) is 0 Å². The Hall–Kier alpha value is -0.630. The highest BCUT2D eigenvalue weighted by molar-refractivity contribution is 9.10. The van der Waals surface area contributed by atoms with Gasteiger partial charge in [-0.25, -0.2) is 8.42 Å². The van der Waals surface area contributed by atoms with Crippen molar-refractivity contribution in [3.63, 3.8) is 0 Å². The maximum Gasteiger partial charge on any atom is 0.244 e. The van der Waals surface area contributed by atoms with Gasteiger partial charge in [-0.3, -0.25) is 0 Å². The zero-order valence-corrected chi connectivity index (χ0v) is 14.6. The maximum absolute atomic E-state index is 13.0. The van der Waals surface area contributed by atoms with Gasteiger partial charge >= 0.3 is 0 Å². The summed E-state index contributed by atoms with van der Waals surface area (Å²) in [7, 11) is 0.360. The summed E-state index contributed by atoms with van der Waals surface area (Å²) in [5.41, 5.74) is 0.884. The highest BCUT2D eigenvalue weighted by Gasteiger charge is 2.38. The van der Waals surface area contributed by atoms with E-state index in [0.29, 0.717) is 34.5 Å². The van der Waals surface area contributed by atoms with Crippen molar-refractivity contribution < 1.29 is 8.42 Å². The van der Waals surface area contributed by atoms with Crippen LogP contribution in [-0.4, -0.2) is 52.0 Å². The van der Waals surface area contributed by atoms with Crippen molar-refractivity contribution in [1.82, 2.24) is 9.62 Å². The molecule has 2 aliphatic heterocycles. The summed E-state index contributed by atoms with van der Waals surface area (Å²) in [4.78, 5) is 2.27. The van der Waals surface area contributed by atoms with Gasteiger partial charge in [0.2, 0.25) is 10.0 Å². The molecule has 3 rings (SSSR count). The Morgan fingerprint density at radius 2 is 1.86 bits per heavy atom. The fraction of sp³-hybridized carbons (Fsp3) is 0.571. The van der Waals surface area contributed by atoms with Crippen LogP contribution in [0.1, 0.15) is 12.8 Å². The number of rotatable bonds is 3. The Morgan fingerprint density at radius 3 is 2.43 bits per heavy atom. The quantitative estimate of drug-likeness (QED) is 0.874. The minimum absolute atomic E-state index is 0.300. The van der Waals surface area contributed by atoms with Crippen LogP contribution in [0, 0.1) is 0 Å². The first kappa shape index (κ1) is 15.3. The number of piperazine rings is 1. The lowest BCUT2D eigenvalue weighted by Gasteiger charge is -2.32. The normalized spacial score (nSPS) is 26.0. The molecule has 2 saturated heterocycles. The van der Waals surface area contributed by atoms with Gasteiger partial charge in [0.15, 0.2) is 0 Å². The Morgan fingerprint density at radius 1 is 1.24 bits per heavy atom. The number of nitrogens with one attached hydrogen (secondary N) is 1. The molecule has 0 spiro atoms. The first-order valence-electron chi connectivity index (χ1n) is 7.11. The number of benzene rings is 1. The van der Waals surface area contributed by atoms with Gasteiger partial charge in [-0.05, 0) is 47.0 Å². The first-order valence-corrected chi connectivity index (χ1v) is 9.34. The van der Waals surface area contributed by atoms with Crippen LogP contribution >= 0.6 is 15.9 Å². The standard InChI is InChI=1S/C14H20BrN3O2S/c1-17(2)12-5-6-13(15)14(7-12)21(19,20)18-8-10-3-4-11(9-18)16-10/h5-7,10-11,16H,3-4,8-9H2,1-2H3. The van der Waals surface area contributed by atoms with Crippen LogP contribution in [-0.2, 0) is 10.0 Å². The zero-order valence-electron chi connectivity index (χ0n) is 12.2. The topological polar surface area (TPSA) is 52.7 Å². The second-order valence-electron chi connectivity index (χ2n) is 5.97. The van der Waals surface area contributed by atoms with Crippen LogP contribution in [0.5, 0.6) is 0 Å². The van der Waals surface area contributed by atoms with Crippen LogP contribution in [0.2, 0.25) is 0 Å². The van der Waals surface area contributed by atoms with Crippen LogP contribution in [0.15, 0.2) is 27.6 Å². The Balaban J connectivity index is 1.96. The number of nitrogens with zero attached hydrogens (tertiary/aromatic N) is 2. The third kappa shape index (κ3) is 2.84. The van der Waals surface area contributed by atoms with Gasteiger partial charge in [0.1, 0.15) is 0 Å². The lowest BCUT2D eigenvalue weighted by atomic mass is 10.2. The second kappa shape index (κ2) is 5.53. The number of halogens is 1. The molecule has 0 amide bonds. The predicted molar refractivity (Wildman–Crippen MR) is 87.2 cm³/mol. The van der Waals surface area contributed by atoms with Crippen LogP contribution in [0.3, 0.4) is 0 Å². The Bertz CT molecular complexity index is 636. The summed E-state index contributed by atoms with van der Waals surface area (Å²) < 4.78 is 28.2. The van der Waals surface area contributed by atoms with Crippen molar-refractivity contribution in [2.45, 2.75) is 29.8 Å². The minimum atomic E-state index is -3.45. The molecule has 7 heteroatoms. The molecule has 2 unspecified atom stereocenters. The van der Waals surface area contributed by atoms with Gasteiger partial charge in [0.05, 0.1) is 4.90 Å². The summed E-state index contributed by atoms with van der Waals surface area (Å²) in [6.45, 7) is 1.13. The minimum Gasteiger partial charge on any atom is -0.378 e. The van der Waals surface area contributed by atoms with Crippen LogP contribution in [0.4, 0.5) is 5.69 Å². The molecule has 116 valence electrons. The van der Waals surface area contributed by atoms with E-state index < -0.39 is 10.0 Å². The molecular weight excluding hydrogens is 354 g/mol. The first-order chi connectivity index (χ1) is 9.88. The molecule has 2 atom stereocenters. The molecule has 2 fully saturated rings. The monoisotopic (exact) mass is 373 g/mol. The van der Waals surface area contributed by atoms with E-state index in [1.165, 1.54) is 0 Å². The smallest absolute Gasteiger partial charge is 0.244 e. The third-order valence-electron chi connectivity index (χ3n) is 4.23. The molecule has 0 saturated carbocycles. The number of hydrogen-bond donors (Lipinski definition) is 1. The molecular formula is C14H20BrN3O2S. The van der Waals surface area contributed by atoms with Crippen molar-refractivity contribution in [3.8, 4) is 0 Å². The molecule has 2 aliphatic rings. The maximum atomic E-state index is 13.0. The molecule has 1 N–H and O–H groups in total. The number of anilines is 1. The zero-order chi connectivity index (χ0) is 15.2. The molecule has 0 radical (unpaired) electrons. The summed E-state index contributed by atoms with van der Waals surface area (Å²) >= 11 is 3.39. The van der Waals surface area contributed by atoms with Gasteiger partial charge in [-0.1, -0.05) is 0 Å². The molecule has 2 bridgehead atoms. The van der Waals surface area contributed by atoms with Crippen molar-refractivity contribution in [2.75, 3.05) is 32.1 Å². The number of hydrogen-bond acceptors (Lipinski definition) is 4. The average Bonchev–Trinajstić information content (AvgIpc) is 2.77. The highest BCUT2D eigenvalue weighted by atomic mass is 79.9. The molecule has 1 aromatic rings.